The number of carbonyl (C=O) groups is 1. The van der Waals surface area contributed by atoms with Gasteiger partial charge in [-0.15, -0.1) is 0 Å². The second-order valence-corrected chi connectivity index (χ2v) is 5.68. The number of ether oxygens (including phenoxy) is 1. The molecule has 0 N–H and O–H groups in total. The average Bonchev–Trinajstić information content (AvgIpc) is 2.43. The third kappa shape index (κ3) is 3.34. The minimum Gasteiger partial charge on any atom is -0.463 e. The summed E-state index contributed by atoms with van der Waals surface area (Å²) in [5.41, 5.74) is 0. The maximum absolute atomic E-state index is 12.1. The lowest BCUT2D eigenvalue weighted by Crippen LogP contribution is -2.13. The highest BCUT2D eigenvalue weighted by atomic mass is 32.2. The molecule has 0 aliphatic rings. The lowest BCUT2D eigenvalue weighted by molar-refractivity contribution is -0.141. The molecule has 0 amide bonds. The molecule has 0 radical (unpaired) electrons. The Balaban J connectivity index is 2.21. The third-order valence-corrected chi connectivity index (χ3v) is 4.02. The Morgan fingerprint density at radius 2 is 1.75 bits per heavy atom. The van der Waals surface area contributed by atoms with Crippen molar-refractivity contribution in [2.45, 2.75) is 11.8 Å². The van der Waals surface area contributed by atoms with E-state index in [1.807, 2.05) is 18.2 Å². The van der Waals surface area contributed by atoms with Gasteiger partial charge in [-0.1, -0.05) is 36.4 Å². The van der Waals surface area contributed by atoms with E-state index in [0.717, 1.165) is 5.39 Å². The number of hydrogen-bond acceptors (Lipinski definition) is 5. The Labute approximate surface area is 117 Å². The van der Waals surface area contributed by atoms with Gasteiger partial charge in [0.15, 0.2) is 0 Å². The van der Waals surface area contributed by atoms with Crippen molar-refractivity contribution in [2.24, 2.45) is 0 Å². The quantitative estimate of drug-likeness (QED) is 0.480. The molecule has 0 heterocycles. The Bertz CT molecular complexity index is 716. The van der Waals surface area contributed by atoms with Gasteiger partial charge in [0.05, 0.1) is 0 Å². The smallest absolute Gasteiger partial charge is 0.302 e. The van der Waals surface area contributed by atoms with Crippen molar-refractivity contribution in [2.75, 3.05) is 13.2 Å². The van der Waals surface area contributed by atoms with Gasteiger partial charge < -0.3 is 4.74 Å². The first-order chi connectivity index (χ1) is 9.50. The predicted octanol–water partition coefficient (Wildman–Crippen LogP) is 2.11. The van der Waals surface area contributed by atoms with Gasteiger partial charge in [-0.05, 0) is 11.5 Å². The highest BCUT2D eigenvalue weighted by Crippen LogP contribution is 2.24. The Morgan fingerprint density at radius 1 is 1.05 bits per heavy atom. The van der Waals surface area contributed by atoms with E-state index < -0.39 is 16.1 Å². The van der Waals surface area contributed by atoms with E-state index >= 15 is 0 Å². The molecular weight excluding hydrogens is 280 g/mol. The van der Waals surface area contributed by atoms with Crippen LogP contribution in [0.25, 0.3) is 10.8 Å². The van der Waals surface area contributed by atoms with Crippen molar-refractivity contribution >= 4 is 26.9 Å². The Kier molecular flexibility index (Phi) is 4.36. The fourth-order valence-electron chi connectivity index (χ4n) is 1.81. The van der Waals surface area contributed by atoms with Crippen LogP contribution in [0.5, 0.6) is 0 Å². The summed E-state index contributed by atoms with van der Waals surface area (Å²) >= 11 is 0. The van der Waals surface area contributed by atoms with Gasteiger partial charge in [0.2, 0.25) is 0 Å². The number of hydrogen-bond donors (Lipinski definition) is 0. The van der Waals surface area contributed by atoms with E-state index in [1.165, 1.54) is 13.0 Å². The van der Waals surface area contributed by atoms with Crippen LogP contribution in [-0.2, 0) is 23.8 Å². The minimum absolute atomic E-state index is 0.0979. The maximum Gasteiger partial charge on any atom is 0.302 e. The van der Waals surface area contributed by atoms with E-state index in [-0.39, 0.29) is 18.1 Å². The molecule has 0 spiro atoms. The SMILES string of the molecule is CC(=O)OCCOS(=O)(=O)c1cccc2ccccc12. The normalized spacial score (nSPS) is 11.4. The van der Waals surface area contributed by atoms with Crippen LogP contribution < -0.4 is 0 Å². The van der Waals surface area contributed by atoms with Crippen molar-refractivity contribution in [3.8, 4) is 0 Å². The predicted molar refractivity (Wildman–Crippen MR) is 73.7 cm³/mol. The average molecular weight is 294 g/mol. The zero-order valence-electron chi connectivity index (χ0n) is 10.9. The van der Waals surface area contributed by atoms with Crippen molar-refractivity contribution in [1.82, 2.24) is 0 Å². The van der Waals surface area contributed by atoms with Crippen LogP contribution in [0.1, 0.15) is 6.92 Å². The Morgan fingerprint density at radius 3 is 2.50 bits per heavy atom. The summed E-state index contributed by atoms with van der Waals surface area (Å²) in [6.45, 7) is 0.948. The molecule has 106 valence electrons. The topological polar surface area (TPSA) is 69.7 Å². The number of benzene rings is 2. The fraction of sp³-hybridized carbons (Fsp3) is 0.214. The van der Waals surface area contributed by atoms with Gasteiger partial charge in [0, 0.05) is 12.3 Å². The summed E-state index contributed by atoms with van der Waals surface area (Å²) in [6.07, 6.45) is 0. The molecule has 2 rings (SSSR count). The molecule has 5 nitrogen and oxygen atoms in total. The third-order valence-electron chi connectivity index (χ3n) is 2.65. The van der Waals surface area contributed by atoms with Crippen molar-refractivity contribution in [3.05, 3.63) is 42.5 Å². The molecule has 0 saturated heterocycles. The molecular formula is C14H14O5S. The molecule has 0 aliphatic carbocycles. The van der Waals surface area contributed by atoms with Gasteiger partial charge in [-0.25, -0.2) is 0 Å². The summed E-state index contributed by atoms with van der Waals surface area (Å²) in [5, 5.41) is 1.42. The zero-order chi connectivity index (χ0) is 14.6. The molecule has 0 aliphatic heterocycles. The van der Waals surface area contributed by atoms with E-state index in [9.17, 15) is 13.2 Å². The summed E-state index contributed by atoms with van der Waals surface area (Å²) in [4.78, 5) is 10.7. The van der Waals surface area contributed by atoms with Crippen LogP contribution in [0.3, 0.4) is 0 Å². The van der Waals surface area contributed by atoms with Crippen LogP contribution >= 0.6 is 0 Å². The van der Waals surface area contributed by atoms with Crippen molar-refractivity contribution in [1.29, 1.82) is 0 Å². The molecule has 20 heavy (non-hydrogen) atoms. The summed E-state index contributed by atoms with van der Waals surface area (Å²) in [6, 6.07) is 12.1. The largest absolute Gasteiger partial charge is 0.463 e. The van der Waals surface area contributed by atoms with Gasteiger partial charge in [0.1, 0.15) is 18.1 Å². The fourth-order valence-corrected chi connectivity index (χ4v) is 2.92. The second-order valence-electron chi connectivity index (χ2n) is 4.09. The highest BCUT2D eigenvalue weighted by Gasteiger charge is 2.18. The Hall–Kier alpha value is -1.92. The van der Waals surface area contributed by atoms with E-state index in [1.54, 1.807) is 18.2 Å². The minimum atomic E-state index is -3.88. The standard InChI is InChI=1S/C14H14O5S/c1-11(15)18-9-10-19-20(16,17)14-8-4-6-12-5-2-3-7-13(12)14/h2-8H,9-10H2,1H3. The molecule has 0 aromatic heterocycles. The van der Waals surface area contributed by atoms with Crippen LogP contribution in [0.2, 0.25) is 0 Å². The summed E-state index contributed by atoms with van der Waals surface area (Å²) in [7, 11) is -3.88. The number of rotatable bonds is 5. The first-order valence-electron chi connectivity index (χ1n) is 6.01. The van der Waals surface area contributed by atoms with Gasteiger partial charge in [-0.2, -0.15) is 8.42 Å². The van der Waals surface area contributed by atoms with E-state index in [2.05, 4.69) is 4.74 Å². The molecule has 2 aromatic rings. The maximum atomic E-state index is 12.1. The van der Waals surface area contributed by atoms with Crippen molar-refractivity contribution < 1.29 is 22.1 Å². The monoisotopic (exact) mass is 294 g/mol. The highest BCUT2D eigenvalue weighted by molar-refractivity contribution is 7.87. The number of esters is 1. The van der Waals surface area contributed by atoms with Gasteiger partial charge in [0.25, 0.3) is 10.1 Å². The van der Waals surface area contributed by atoms with Crippen LogP contribution in [0.4, 0.5) is 0 Å². The summed E-state index contributed by atoms with van der Waals surface area (Å²) < 4.78 is 33.8. The van der Waals surface area contributed by atoms with Crippen LogP contribution in [0.15, 0.2) is 47.4 Å². The first kappa shape index (κ1) is 14.5. The molecule has 0 unspecified atom stereocenters. The molecule has 6 heteroatoms. The number of carbonyl (C=O) groups excluding carboxylic acids is 1. The lowest BCUT2D eigenvalue weighted by Gasteiger charge is -2.08. The second kappa shape index (κ2) is 6.02. The van der Waals surface area contributed by atoms with Gasteiger partial charge in [-0.3, -0.25) is 8.98 Å². The summed E-state index contributed by atoms with van der Waals surface area (Å²) in [5.74, 6) is -0.476. The first-order valence-corrected chi connectivity index (χ1v) is 7.42. The lowest BCUT2D eigenvalue weighted by atomic mass is 10.1. The molecule has 0 bridgehead atoms. The van der Waals surface area contributed by atoms with E-state index in [0.29, 0.717) is 5.39 Å². The van der Waals surface area contributed by atoms with Crippen LogP contribution in [0, 0.1) is 0 Å². The molecule has 0 atom stereocenters. The van der Waals surface area contributed by atoms with E-state index in [4.69, 9.17) is 4.18 Å². The van der Waals surface area contributed by atoms with Crippen LogP contribution in [-0.4, -0.2) is 27.6 Å². The molecule has 0 fully saturated rings. The zero-order valence-corrected chi connectivity index (χ0v) is 11.7. The molecule has 2 aromatic carbocycles. The van der Waals surface area contributed by atoms with Crippen molar-refractivity contribution in [3.63, 3.8) is 0 Å². The molecule has 0 saturated carbocycles. The van der Waals surface area contributed by atoms with Gasteiger partial charge >= 0.3 is 5.97 Å². The number of fused-ring (bicyclic) bond motifs is 1.